The van der Waals surface area contributed by atoms with Gasteiger partial charge in [-0.25, -0.2) is 0 Å². The number of nitrogens with two attached hydrogens (primary N) is 1. The molecule has 2 rings (SSSR count). The molecule has 0 saturated carbocycles. The molecule has 17 heavy (non-hydrogen) atoms. The van der Waals surface area contributed by atoms with E-state index >= 15 is 0 Å². The topological polar surface area (TPSA) is 49.6 Å². The number of nitrogen functional groups attached to an aromatic ring is 1. The van der Waals surface area contributed by atoms with Gasteiger partial charge in [0.25, 0.3) is 5.91 Å². The Kier molecular flexibility index (Phi) is 3.69. The van der Waals surface area contributed by atoms with Crippen molar-refractivity contribution in [3.63, 3.8) is 0 Å². The first-order valence-electron chi connectivity index (χ1n) is 5.99. The third-order valence-corrected chi connectivity index (χ3v) is 4.33. The van der Waals surface area contributed by atoms with E-state index in [0.29, 0.717) is 0 Å². The molecular formula is C12H19N3OS. The zero-order chi connectivity index (χ0) is 12.4. The number of anilines is 1. The van der Waals surface area contributed by atoms with Gasteiger partial charge in [0.1, 0.15) is 0 Å². The molecule has 1 aliphatic rings. The highest BCUT2D eigenvalue weighted by atomic mass is 32.1. The summed E-state index contributed by atoms with van der Waals surface area (Å²) in [7, 11) is 0. The lowest BCUT2D eigenvalue weighted by Crippen LogP contribution is -2.48. The molecule has 2 N–H and O–H groups in total. The molecule has 1 aromatic heterocycles. The van der Waals surface area contributed by atoms with Gasteiger partial charge in [0.15, 0.2) is 0 Å². The maximum Gasteiger partial charge on any atom is 0.264 e. The number of rotatable bonds is 2. The van der Waals surface area contributed by atoms with Crippen molar-refractivity contribution in [1.82, 2.24) is 9.80 Å². The predicted molar refractivity (Wildman–Crippen MR) is 71.5 cm³/mol. The van der Waals surface area contributed by atoms with E-state index in [1.54, 1.807) is 6.07 Å². The van der Waals surface area contributed by atoms with E-state index in [1.165, 1.54) is 11.3 Å². The van der Waals surface area contributed by atoms with Crippen LogP contribution in [0.3, 0.4) is 0 Å². The summed E-state index contributed by atoms with van der Waals surface area (Å²) in [4.78, 5) is 18.3. The molecule has 1 amide bonds. The molecule has 1 fully saturated rings. The van der Waals surface area contributed by atoms with Crippen LogP contribution in [0.4, 0.5) is 5.69 Å². The van der Waals surface area contributed by atoms with Crippen molar-refractivity contribution >= 4 is 22.9 Å². The summed E-state index contributed by atoms with van der Waals surface area (Å²) in [6, 6.07) is 1.80. The maximum atomic E-state index is 12.2. The number of hydrogen-bond acceptors (Lipinski definition) is 4. The molecule has 0 radical (unpaired) electrons. The number of amides is 1. The number of aryl methyl sites for hydroxylation is 1. The fourth-order valence-electron chi connectivity index (χ4n) is 2.02. The summed E-state index contributed by atoms with van der Waals surface area (Å²) in [6.45, 7) is 8.76. The second-order valence-electron chi connectivity index (χ2n) is 4.35. The minimum absolute atomic E-state index is 0.130. The van der Waals surface area contributed by atoms with E-state index in [-0.39, 0.29) is 5.91 Å². The molecule has 1 aliphatic heterocycles. The molecule has 0 unspecified atom stereocenters. The Labute approximate surface area is 106 Å². The first-order valence-corrected chi connectivity index (χ1v) is 6.81. The largest absolute Gasteiger partial charge is 0.398 e. The van der Waals surface area contributed by atoms with Gasteiger partial charge in [-0.2, -0.15) is 0 Å². The minimum Gasteiger partial charge on any atom is -0.398 e. The number of carbonyl (C=O) groups excluding carboxylic acids is 1. The Morgan fingerprint density at radius 3 is 2.53 bits per heavy atom. The van der Waals surface area contributed by atoms with Gasteiger partial charge in [-0.3, -0.25) is 4.79 Å². The smallest absolute Gasteiger partial charge is 0.264 e. The van der Waals surface area contributed by atoms with Gasteiger partial charge < -0.3 is 15.5 Å². The van der Waals surface area contributed by atoms with Crippen LogP contribution in [0.25, 0.3) is 0 Å². The third kappa shape index (κ3) is 2.61. The Bertz CT molecular complexity index is 388. The van der Waals surface area contributed by atoms with Gasteiger partial charge in [0.05, 0.1) is 4.88 Å². The van der Waals surface area contributed by atoms with Crippen molar-refractivity contribution in [3.8, 4) is 0 Å². The van der Waals surface area contributed by atoms with Crippen molar-refractivity contribution in [3.05, 3.63) is 15.8 Å². The molecule has 0 atom stereocenters. The summed E-state index contributed by atoms with van der Waals surface area (Å²) < 4.78 is 0. The fourth-order valence-corrected chi connectivity index (χ4v) is 2.93. The lowest BCUT2D eigenvalue weighted by atomic mass is 10.3. The number of carbonyl (C=O) groups is 1. The van der Waals surface area contributed by atoms with Crippen LogP contribution in [-0.4, -0.2) is 48.4 Å². The van der Waals surface area contributed by atoms with Gasteiger partial charge in [-0.05, 0) is 19.5 Å². The molecule has 0 spiro atoms. The van der Waals surface area contributed by atoms with Crippen LogP contribution in [0, 0.1) is 6.92 Å². The number of hydrogen-bond donors (Lipinski definition) is 1. The molecule has 4 nitrogen and oxygen atoms in total. The Morgan fingerprint density at radius 2 is 2.06 bits per heavy atom. The van der Waals surface area contributed by atoms with Gasteiger partial charge >= 0.3 is 0 Å². The summed E-state index contributed by atoms with van der Waals surface area (Å²) in [6.07, 6.45) is 0. The first kappa shape index (κ1) is 12.4. The minimum atomic E-state index is 0.130. The fraction of sp³-hybridized carbons (Fsp3) is 0.583. The molecular weight excluding hydrogens is 234 g/mol. The number of likely N-dealkylation sites (N-methyl/N-ethyl adjacent to an activating group) is 1. The molecule has 94 valence electrons. The molecule has 0 aromatic carbocycles. The van der Waals surface area contributed by atoms with E-state index < -0.39 is 0 Å². The molecule has 0 bridgehead atoms. The molecule has 0 aliphatic carbocycles. The number of nitrogens with zero attached hydrogens (tertiary/aromatic N) is 2. The number of piperazine rings is 1. The SMILES string of the molecule is CCN1CCN(C(=O)c2cc(N)c(C)s2)CC1. The highest BCUT2D eigenvalue weighted by molar-refractivity contribution is 7.14. The van der Waals surface area contributed by atoms with E-state index in [1.807, 2.05) is 11.8 Å². The first-order chi connectivity index (χ1) is 8.11. The van der Waals surface area contributed by atoms with E-state index in [2.05, 4.69) is 11.8 Å². The quantitative estimate of drug-likeness (QED) is 0.867. The highest BCUT2D eigenvalue weighted by Crippen LogP contribution is 2.24. The maximum absolute atomic E-state index is 12.2. The standard InChI is InChI=1S/C12H19N3OS/c1-3-14-4-6-15(7-5-14)12(16)11-8-10(13)9(2)17-11/h8H,3-7,13H2,1-2H3. The Balaban J connectivity index is 2.01. The molecule has 1 aromatic rings. The van der Waals surface area contributed by atoms with Gasteiger partial charge in [-0.1, -0.05) is 6.92 Å². The van der Waals surface area contributed by atoms with Crippen molar-refractivity contribution in [2.24, 2.45) is 0 Å². The Hall–Kier alpha value is -1.07. The van der Waals surface area contributed by atoms with Crippen molar-refractivity contribution in [2.75, 3.05) is 38.5 Å². The van der Waals surface area contributed by atoms with Crippen LogP contribution < -0.4 is 5.73 Å². The van der Waals surface area contributed by atoms with E-state index in [4.69, 9.17) is 5.73 Å². The van der Waals surface area contributed by atoms with Crippen LogP contribution in [0.15, 0.2) is 6.07 Å². The average molecular weight is 253 g/mol. The van der Waals surface area contributed by atoms with Crippen LogP contribution >= 0.6 is 11.3 Å². The monoisotopic (exact) mass is 253 g/mol. The summed E-state index contributed by atoms with van der Waals surface area (Å²) in [5.74, 6) is 0.130. The zero-order valence-electron chi connectivity index (χ0n) is 10.4. The van der Waals surface area contributed by atoms with Gasteiger partial charge in [0.2, 0.25) is 0 Å². The third-order valence-electron chi connectivity index (χ3n) is 3.27. The molecule has 1 saturated heterocycles. The van der Waals surface area contributed by atoms with E-state index in [9.17, 15) is 4.79 Å². The normalized spacial score (nSPS) is 17.4. The summed E-state index contributed by atoms with van der Waals surface area (Å²) in [5.41, 5.74) is 6.51. The van der Waals surface area contributed by atoms with Crippen LogP contribution in [-0.2, 0) is 0 Å². The summed E-state index contributed by atoms with van der Waals surface area (Å²) in [5, 5.41) is 0. The second-order valence-corrected chi connectivity index (χ2v) is 5.60. The van der Waals surface area contributed by atoms with Crippen LogP contribution in [0.2, 0.25) is 0 Å². The second kappa shape index (κ2) is 5.06. The van der Waals surface area contributed by atoms with E-state index in [0.717, 1.165) is 48.2 Å². The van der Waals surface area contributed by atoms with Crippen LogP contribution in [0.5, 0.6) is 0 Å². The van der Waals surface area contributed by atoms with Gasteiger partial charge in [-0.15, -0.1) is 11.3 Å². The lowest BCUT2D eigenvalue weighted by Gasteiger charge is -2.33. The van der Waals surface area contributed by atoms with Crippen molar-refractivity contribution < 1.29 is 4.79 Å². The van der Waals surface area contributed by atoms with Crippen LogP contribution in [0.1, 0.15) is 21.5 Å². The highest BCUT2D eigenvalue weighted by Gasteiger charge is 2.22. The van der Waals surface area contributed by atoms with Gasteiger partial charge in [0, 0.05) is 36.7 Å². The van der Waals surface area contributed by atoms with Crippen molar-refractivity contribution in [2.45, 2.75) is 13.8 Å². The lowest BCUT2D eigenvalue weighted by molar-refractivity contribution is 0.0648. The van der Waals surface area contributed by atoms with Crippen molar-refractivity contribution in [1.29, 1.82) is 0 Å². The molecule has 2 heterocycles. The predicted octanol–water partition coefficient (Wildman–Crippen LogP) is 1.42. The Morgan fingerprint density at radius 1 is 1.41 bits per heavy atom. The number of thiophene rings is 1. The summed E-state index contributed by atoms with van der Waals surface area (Å²) >= 11 is 1.49. The zero-order valence-corrected chi connectivity index (χ0v) is 11.2. The molecule has 5 heteroatoms. The average Bonchev–Trinajstić information content (AvgIpc) is 2.69.